The maximum atomic E-state index is 12.3. The first kappa shape index (κ1) is 27.9. The van der Waals surface area contributed by atoms with Crippen molar-refractivity contribution in [2.24, 2.45) is 0 Å². The molecule has 38 heavy (non-hydrogen) atoms. The fourth-order valence-electron chi connectivity index (χ4n) is 4.73. The van der Waals surface area contributed by atoms with E-state index in [1.54, 1.807) is 0 Å². The monoisotopic (exact) mass is 575 g/mol. The zero-order valence-electron chi connectivity index (χ0n) is 22.7. The van der Waals surface area contributed by atoms with E-state index in [-0.39, 0.29) is 5.91 Å². The number of imidazole rings is 1. The third-order valence-electron chi connectivity index (χ3n) is 6.76. The number of fused-ring (bicyclic) bond motifs is 1. The molecule has 1 amide bonds. The van der Waals surface area contributed by atoms with Gasteiger partial charge < -0.3 is 14.6 Å². The van der Waals surface area contributed by atoms with Gasteiger partial charge in [-0.1, -0.05) is 66.5 Å². The molecule has 0 bridgehead atoms. The number of benzene rings is 3. The molecule has 1 N–H and O–H groups in total. The van der Waals surface area contributed by atoms with Crippen LogP contribution >= 0.6 is 15.9 Å². The summed E-state index contributed by atoms with van der Waals surface area (Å²) in [6.45, 7) is 8.75. The largest absolute Gasteiger partial charge is 0.493 e. The molecule has 4 rings (SSSR count). The lowest BCUT2D eigenvalue weighted by atomic mass is 10.0. The molecule has 3 aromatic carbocycles. The SMILES string of the molecule is Cc1ccc(C(C)C)c(OCCCn2c(CCCCCNC(=O)c3cccc(Br)c3)nc3ccccc32)c1. The molecular weight excluding hydrogens is 538 g/mol. The maximum Gasteiger partial charge on any atom is 0.251 e. The Labute approximate surface area is 234 Å². The van der Waals surface area contributed by atoms with Crippen LogP contribution < -0.4 is 10.1 Å². The fraction of sp³-hybridized carbons (Fsp3) is 0.375. The lowest BCUT2D eigenvalue weighted by Crippen LogP contribution is -2.24. The minimum atomic E-state index is -0.0264. The van der Waals surface area contributed by atoms with Crippen molar-refractivity contribution < 1.29 is 9.53 Å². The lowest BCUT2D eigenvalue weighted by Gasteiger charge is -2.15. The number of nitrogens with zero attached hydrogens (tertiary/aromatic N) is 2. The molecule has 0 unspecified atom stereocenters. The Kier molecular flexibility index (Phi) is 9.99. The average molecular weight is 577 g/mol. The second-order valence-corrected chi connectivity index (χ2v) is 11.1. The van der Waals surface area contributed by atoms with E-state index in [1.165, 1.54) is 16.6 Å². The van der Waals surface area contributed by atoms with Crippen LogP contribution in [0.25, 0.3) is 11.0 Å². The van der Waals surface area contributed by atoms with Crippen LogP contribution in [0.4, 0.5) is 0 Å². The number of halogens is 1. The number of carbonyl (C=O) groups excluding carboxylic acids is 1. The Morgan fingerprint density at radius 2 is 1.84 bits per heavy atom. The number of nitrogens with one attached hydrogen (secondary N) is 1. The number of unbranched alkanes of at least 4 members (excludes halogenated alkanes) is 2. The van der Waals surface area contributed by atoms with Gasteiger partial charge in [-0.25, -0.2) is 4.98 Å². The third-order valence-corrected chi connectivity index (χ3v) is 7.25. The molecule has 0 atom stereocenters. The van der Waals surface area contributed by atoms with Crippen molar-refractivity contribution in [3.8, 4) is 5.75 Å². The second-order valence-electron chi connectivity index (χ2n) is 10.1. The molecule has 0 aliphatic rings. The molecule has 0 saturated carbocycles. The van der Waals surface area contributed by atoms with Crippen molar-refractivity contribution >= 4 is 32.9 Å². The summed E-state index contributed by atoms with van der Waals surface area (Å²) in [5.74, 6) is 2.54. The van der Waals surface area contributed by atoms with E-state index in [2.05, 4.69) is 83.0 Å². The summed E-state index contributed by atoms with van der Waals surface area (Å²) in [5.41, 5.74) is 5.39. The molecule has 1 aromatic heterocycles. The molecule has 0 aliphatic heterocycles. The van der Waals surface area contributed by atoms with Gasteiger partial charge in [-0.15, -0.1) is 0 Å². The number of aryl methyl sites for hydroxylation is 3. The molecule has 0 spiro atoms. The van der Waals surface area contributed by atoms with E-state index >= 15 is 0 Å². The van der Waals surface area contributed by atoms with Crippen molar-refractivity contribution in [1.82, 2.24) is 14.9 Å². The number of para-hydroxylation sites is 2. The highest BCUT2D eigenvalue weighted by molar-refractivity contribution is 9.10. The Balaban J connectivity index is 1.27. The highest BCUT2D eigenvalue weighted by atomic mass is 79.9. The van der Waals surface area contributed by atoms with Crippen LogP contribution in [0.2, 0.25) is 0 Å². The van der Waals surface area contributed by atoms with E-state index < -0.39 is 0 Å². The summed E-state index contributed by atoms with van der Waals surface area (Å²) in [5, 5.41) is 3.03. The van der Waals surface area contributed by atoms with Crippen LogP contribution in [-0.4, -0.2) is 28.6 Å². The zero-order chi connectivity index (χ0) is 26.9. The number of carbonyl (C=O) groups is 1. The Morgan fingerprint density at radius 3 is 2.66 bits per heavy atom. The van der Waals surface area contributed by atoms with Crippen LogP contribution in [0, 0.1) is 6.92 Å². The Bertz CT molecular complexity index is 1360. The molecular formula is C32H38BrN3O2. The fourth-order valence-corrected chi connectivity index (χ4v) is 5.13. The third kappa shape index (κ3) is 7.47. The topological polar surface area (TPSA) is 56.1 Å². The van der Waals surface area contributed by atoms with Gasteiger partial charge in [0, 0.05) is 29.5 Å². The van der Waals surface area contributed by atoms with E-state index in [1.807, 2.05) is 30.3 Å². The zero-order valence-corrected chi connectivity index (χ0v) is 24.3. The van der Waals surface area contributed by atoms with E-state index in [0.29, 0.717) is 24.6 Å². The number of rotatable bonds is 13. The summed E-state index contributed by atoms with van der Waals surface area (Å²) in [6.07, 6.45) is 4.86. The van der Waals surface area contributed by atoms with Crippen molar-refractivity contribution in [3.63, 3.8) is 0 Å². The van der Waals surface area contributed by atoms with Gasteiger partial charge in [0.2, 0.25) is 0 Å². The van der Waals surface area contributed by atoms with E-state index in [4.69, 9.17) is 9.72 Å². The molecule has 0 radical (unpaired) electrons. The van der Waals surface area contributed by atoms with Gasteiger partial charge in [0.05, 0.1) is 17.6 Å². The summed E-state index contributed by atoms with van der Waals surface area (Å²) in [6, 6.07) is 22.3. The second kappa shape index (κ2) is 13.6. The summed E-state index contributed by atoms with van der Waals surface area (Å²) >= 11 is 3.42. The van der Waals surface area contributed by atoms with Crippen LogP contribution in [0.15, 0.2) is 71.2 Å². The van der Waals surface area contributed by atoms with Crippen LogP contribution in [0.1, 0.15) is 72.8 Å². The molecule has 0 saturated heterocycles. The van der Waals surface area contributed by atoms with Gasteiger partial charge in [0.15, 0.2) is 0 Å². The number of hydrogen-bond acceptors (Lipinski definition) is 3. The predicted octanol–water partition coefficient (Wildman–Crippen LogP) is 7.84. The van der Waals surface area contributed by atoms with Gasteiger partial charge in [-0.2, -0.15) is 0 Å². The number of ether oxygens (including phenoxy) is 1. The Morgan fingerprint density at radius 1 is 1.00 bits per heavy atom. The number of amides is 1. The minimum absolute atomic E-state index is 0.0264. The van der Waals surface area contributed by atoms with Gasteiger partial charge in [0.25, 0.3) is 5.91 Å². The summed E-state index contributed by atoms with van der Waals surface area (Å²) < 4.78 is 9.51. The summed E-state index contributed by atoms with van der Waals surface area (Å²) in [4.78, 5) is 17.3. The molecule has 0 aliphatic carbocycles. The van der Waals surface area contributed by atoms with Crippen LogP contribution in [0.3, 0.4) is 0 Å². The lowest BCUT2D eigenvalue weighted by molar-refractivity contribution is 0.0953. The smallest absolute Gasteiger partial charge is 0.251 e. The maximum absolute atomic E-state index is 12.3. The van der Waals surface area contributed by atoms with Crippen LogP contribution in [0.5, 0.6) is 5.75 Å². The quantitative estimate of drug-likeness (QED) is 0.165. The van der Waals surface area contributed by atoms with Gasteiger partial charge in [-0.05, 0) is 79.6 Å². The molecule has 1 heterocycles. The van der Waals surface area contributed by atoms with Crippen molar-refractivity contribution in [2.75, 3.05) is 13.2 Å². The van der Waals surface area contributed by atoms with E-state index in [0.717, 1.165) is 60.2 Å². The molecule has 200 valence electrons. The number of hydrogen-bond donors (Lipinski definition) is 1. The highest BCUT2D eigenvalue weighted by Gasteiger charge is 2.12. The van der Waals surface area contributed by atoms with Crippen LogP contribution in [-0.2, 0) is 13.0 Å². The van der Waals surface area contributed by atoms with Crippen molar-refractivity contribution in [1.29, 1.82) is 0 Å². The number of aromatic nitrogens is 2. The van der Waals surface area contributed by atoms with Crippen molar-refractivity contribution in [3.05, 3.63) is 93.7 Å². The predicted molar refractivity (Wildman–Crippen MR) is 159 cm³/mol. The molecule has 5 nitrogen and oxygen atoms in total. The Hall–Kier alpha value is -3.12. The summed E-state index contributed by atoms with van der Waals surface area (Å²) in [7, 11) is 0. The molecule has 0 fully saturated rings. The standard InChI is InChI=1S/C32H38BrN3O2/c1-23(2)27-17-16-24(3)21-30(27)38-20-10-19-36-29-14-7-6-13-28(29)35-31(36)15-5-4-8-18-34-32(37)25-11-9-12-26(33)22-25/h6-7,9,11-14,16-17,21-23H,4-5,8,10,15,18-20H2,1-3H3,(H,34,37). The van der Waals surface area contributed by atoms with Crippen molar-refractivity contribution in [2.45, 2.75) is 65.3 Å². The minimum Gasteiger partial charge on any atom is -0.493 e. The van der Waals surface area contributed by atoms with Gasteiger partial charge in [-0.3, -0.25) is 4.79 Å². The van der Waals surface area contributed by atoms with Gasteiger partial charge >= 0.3 is 0 Å². The average Bonchev–Trinajstić information content (AvgIpc) is 3.25. The first-order chi connectivity index (χ1) is 18.4. The first-order valence-electron chi connectivity index (χ1n) is 13.6. The normalized spacial score (nSPS) is 11.3. The molecule has 4 aromatic rings. The highest BCUT2D eigenvalue weighted by Crippen LogP contribution is 2.28. The molecule has 6 heteroatoms. The van der Waals surface area contributed by atoms with E-state index in [9.17, 15) is 4.79 Å². The van der Waals surface area contributed by atoms with Gasteiger partial charge in [0.1, 0.15) is 11.6 Å². The first-order valence-corrected chi connectivity index (χ1v) is 14.4.